The number of hydrogen-bond acceptors (Lipinski definition) is 8. The molecule has 14 heteroatoms. The number of β-lactam (4-membered cyclic amide) rings is 1. The Balaban J connectivity index is 0.000000632. The number of aliphatic hydroxyl groups excluding tert-OH is 2. The van der Waals surface area contributed by atoms with Crippen molar-refractivity contribution in [2.24, 2.45) is 0 Å². The highest BCUT2D eigenvalue weighted by Gasteiger charge is 2.49. The monoisotopic (exact) mass is 719 g/mol. The molecule has 1 saturated heterocycles. The molecule has 4 aromatic carbocycles. The second kappa shape index (κ2) is 17.1. The number of benzene rings is 4. The summed E-state index contributed by atoms with van der Waals surface area (Å²) >= 11 is 1.24. The number of anilines is 1. The number of nitrogens with one attached hydrogen (secondary N) is 2. The van der Waals surface area contributed by atoms with Crippen LogP contribution in [0.5, 0.6) is 5.75 Å². The van der Waals surface area contributed by atoms with Crippen molar-refractivity contribution in [3.63, 3.8) is 0 Å². The number of ether oxygens (including phenoxy) is 1. The molecule has 5 N–H and O–H groups in total. The van der Waals surface area contributed by atoms with Crippen LogP contribution in [0.15, 0.2) is 97.1 Å². The Hall–Kier alpha value is -5.31. The van der Waals surface area contributed by atoms with E-state index in [0.717, 1.165) is 0 Å². The average Bonchev–Trinajstić information content (AvgIpc) is 3.93. The zero-order valence-electron chi connectivity index (χ0n) is 27.1. The van der Waals surface area contributed by atoms with Gasteiger partial charge in [0.25, 0.3) is 5.91 Å². The van der Waals surface area contributed by atoms with E-state index >= 15 is 0 Å². The standard InChI is InChI=1S/C30H29F2N3O8S.C7H6/c31-19-5-1-17(2-6-19)24(37)16-44-28-27(35(29(28)40)21-9-7-20(32)8-10-21)18-3-11-22(12-4-18)43-15-26(39)33-13-25(38)34-23(14-36)30(41)42;1-2-4-7-5-6(7)3-1/h1-12,23-24,27-28,36-37H,13-16H2,(H,33,39)(H,34,38)(H,41,42);1-4H,5H2/t23-,24?,27+,28+;/m0./s1. The topological polar surface area (TPSA) is 165 Å². The lowest BCUT2D eigenvalue weighted by molar-refractivity contribution is -0.142. The molecule has 0 saturated carbocycles. The van der Waals surface area contributed by atoms with E-state index < -0.39 is 72.6 Å². The van der Waals surface area contributed by atoms with Crippen molar-refractivity contribution in [2.45, 2.75) is 29.9 Å². The number of carboxylic acids is 1. The number of nitrogens with zero attached hydrogens (tertiary/aromatic N) is 1. The first-order valence-corrected chi connectivity index (χ1v) is 16.9. The molecule has 6 rings (SSSR count). The van der Waals surface area contributed by atoms with Gasteiger partial charge < -0.3 is 35.6 Å². The molecule has 0 spiro atoms. The van der Waals surface area contributed by atoms with Crippen molar-refractivity contribution in [2.75, 3.05) is 30.4 Å². The molecule has 1 aliphatic carbocycles. The quantitative estimate of drug-likeness (QED) is 0.108. The van der Waals surface area contributed by atoms with Gasteiger partial charge in [-0.3, -0.25) is 14.4 Å². The average molecular weight is 720 g/mol. The number of carbonyl (C=O) groups is 4. The fourth-order valence-electron chi connectivity index (χ4n) is 5.22. The van der Waals surface area contributed by atoms with Crippen LogP contribution in [0.4, 0.5) is 14.5 Å². The lowest BCUT2D eigenvalue weighted by atomic mass is 9.92. The Labute approximate surface area is 296 Å². The molecule has 1 fully saturated rings. The third-order valence-corrected chi connectivity index (χ3v) is 9.39. The van der Waals surface area contributed by atoms with E-state index in [-0.39, 0.29) is 11.7 Å². The number of carbonyl (C=O) groups excluding carboxylic acids is 3. The van der Waals surface area contributed by atoms with E-state index in [1.54, 1.807) is 24.3 Å². The lowest BCUT2D eigenvalue weighted by Gasteiger charge is -2.47. The predicted molar refractivity (Wildman–Crippen MR) is 185 cm³/mol. The van der Waals surface area contributed by atoms with Crippen molar-refractivity contribution in [1.29, 1.82) is 0 Å². The van der Waals surface area contributed by atoms with E-state index in [4.69, 9.17) is 14.9 Å². The fourth-order valence-corrected chi connectivity index (χ4v) is 6.52. The molecule has 0 bridgehead atoms. The number of carboxylic acid groups (broad SMARTS) is 1. The van der Waals surface area contributed by atoms with Crippen molar-refractivity contribution in [3.05, 3.63) is 131 Å². The molecule has 1 heterocycles. The number of fused-ring (bicyclic) bond motifs is 1. The number of rotatable bonds is 14. The van der Waals surface area contributed by atoms with Gasteiger partial charge in [0.1, 0.15) is 28.7 Å². The summed E-state index contributed by atoms with van der Waals surface area (Å²) < 4.78 is 32.3. The minimum atomic E-state index is -1.49. The first-order chi connectivity index (χ1) is 24.5. The molecule has 1 aliphatic heterocycles. The zero-order chi connectivity index (χ0) is 36.5. The maximum atomic E-state index is 13.6. The number of amides is 3. The largest absolute Gasteiger partial charge is 0.484 e. The SMILES string of the molecule is O=C(COc1ccc([C@@H]2[C@@H](SCC(O)c3ccc(F)cc3)C(=O)N2c2ccc(F)cc2)cc1)NCC(=O)N[C@@H](CO)C(=O)O.c1ccc2c(c1)C2. The van der Waals surface area contributed by atoms with E-state index in [2.05, 4.69) is 34.9 Å². The molecular formula is C37H35F2N3O8S. The highest BCUT2D eigenvalue weighted by atomic mass is 32.2. The zero-order valence-corrected chi connectivity index (χ0v) is 27.9. The van der Waals surface area contributed by atoms with Gasteiger partial charge >= 0.3 is 5.97 Å². The summed E-state index contributed by atoms with van der Waals surface area (Å²) in [5.74, 6) is -3.50. The summed E-state index contributed by atoms with van der Waals surface area (Å²) in [6.45, 7) is -1.77. The second-order valence-electron chi connectivity index (χ2n) is 11.7. The third-order valence-electron chi connectivity index (χ3n) is 8.07. The fraction of sp³-hybridized carbons (Fsp3) is 0.243. The summed E-state index contributed by atoms with van der Waals surface area (Å²) in [5.41, 5.74) is 4.78. The Morgan fingerprint density at radius 1 is 0.882 bits per heavy atom. The molecule has 11 nitrogen and oxygen atoms in total. The van der Waals surface area contributed by atoms with E-state index in [9.17, 15) is 33.1 Å². The minimum absolute atomic E-state index is 0.168. The number of halogens is 2. The number of thioether (sulfide) groups is 1. The second-order valence-corrected chi connectivity index (χ2v) is 12.8. The summed E-state index contributed by atoms with van der Waals surface area (Å²) in [4.78, 5) is 49.5. The van der Waals surface area contributed by atoms with Gasteiger partial charge in [-0.2, -0.15) is 0 Å². The summed E-state index contributed by atoms with van der Waals surface area (Å²) in [7, 11) is 0. The van der Waals surface area contributed by atoms with Crippen LogP contribution in [-0.4, -0.2) is 75.8 Å². The molecule has 4 aromatic rings. The van der Waals surface area contributed by atoms with Gasteiger partial charge in [-0.15, -0.1) is 11.8 Å². The maximum Gasteiger partial charge on any atom is 0.328 e. The maximum absolute atomic E-state index is 13.6. The molecule has 266 valence electrons. The van der Waals surface area contributed by atoms with Gasteiger partial charge in [0.2, 0.25) is 11.8 Å². The number of hydrogen-bond donors (Lipinski definition) is 5. The molecule has 2 aliphatic rings. The molecule has 3 amide bonds. The molecule has 1 unspecified atom stereocenters. The number of aliphatic hydroxyl groups is 2. The Morgan fingerprint density at radius 3 is 2.06 bits per heavy atom. The van der Waals surface area contributed by atoms with Gasteiger partial charge in [0, 0.05) is 11.4 Å². The van der Waals surface area contributed by atoms with Crippen molar-refractivity contribution < 1.29 is 48.0 Å². The van der Waals surface area contributed by atoms with Gasteiger partial charge in [-0.05, 0) is 77.2 Å². The third kappa shape index (κ3) is 9.90. The molecular weight excluding hydrogens is 684 g/mol. The van der Waals surface area contributed by atoms with Crippen LogP contribution in [0.25, 0.3) is 0 Å². The van der Waals surface area contributed by atoms with Crippen LogP contribution < -0.4 is 20.3 Å². The molecule has 0 aromatic heterocycles. The smallest absolute Gasteiger partial charge is 0.328 e. The van der Waals surface area contributed by atoms with Gasteiger partial charge in [0.05, 0.1) is 25.3 Å². The highest BCUT2D eigenvalue weighted by Crippen LogP contribution is 2.46. The van der Waals surface area contributed by atoms with Crippen LogP contribution in [0.3, 0.4) is 0 Å². The molecule has 4 atom stereocenters. The van der Waals surface area contributed by atoms with Crippen LogP contribution in [0, 0.1) is 11.6 Å². The van der Waals surface area contributed by atoms with Gasteiger partial charge in [0.15, 0.2) is 6.61 Å². The Kier molecular flexibility index (Phi) is 12.4. The molecule has 51 heavy (non-hydrogen) atoms. The van der Waals surface area contributed by atoms with Crippen LogP contribution in [0.1, 0.15) is 34.4 Å². The van der Waals surface area contributed by atoms with E-state index in [0.29, 0.717) is 22.6 Å². The van der Waals surface area contributed by atoms with Crippen molar-refractivity contribution in [3.8, 4) is 5.75 Å². The summed E-state index contributed by atoms with van der Waals surface area (Å²) in [6.07, 6.45) is 0.308. The normalized spacial score (nSPS) is 16.7. The van der Waals surface area contributed by atoms with Gasteiger partial charge in [-0.25, -0.2) is 13.6 Å². The van der Waals surface area contributed by atoms with Crippen LogP contribution in [0.2, 0.25) is 0 Å². The van der Waals surface area contributed by atoms with Crippen LogP contribution >= 0.6 is 11.8 Å². The number of aliphatic carboxylic acids is 1. The van der Waals surface area contributed by atoms with Crippen molar-refractivity contribution >= 4 is 41.1 Å². The molecule has 0 radical (unpaired) electrons. The Morgan fingerprint density at radius 2 is 1.49 bits per heavy atom. The first-order valence-electron chi connectivity index (χ1n) is 15.9. The predicted octanol–water partition coefficient (Wildman–Crippen LogP) is 3.54. The minimum Gasteiger partial charge on any atom is -0.484 e. The van der Waals surface area contributed by atoms with E-state index in [1.165, 1.54) is 82.7 Å². The first kappa shape index (κ1) is 37.0. The lowest BCUT2D eigenvalue weighted by Crippen LogP contribution is -2.57. The summed E-state index contributed by atoms with van der Waals surface area (Å²) in [5, 5.41) is 32.2. The van der Waals surface area contributed by atoms with Gasteiger partial charge in [-0.1, -0.05) is 48.5 Å². The Bertz CT molecular complexity index is 1820. The van der Waals surface area contributed by atoms with Crippen molar-refractivity contribution in [1.82, 2.24) is 10.6 Å². The summed E-state index contributed by atoms with van der Waals surface area (Å²) in [6, 6.07) is 24.1. The highest BCUT2D eigenvalue weighted by molar-refractivity contribution is 8.00. The van der Waals surface area contributed by atoms with Crippen LogP contribution in [-0.2, 0) is 25.6 Å². The van der Waals surface area contributed by atoms with E-state index in [1.807, 2.05) is 0 Å².